The van der Waals surface area contributed by atoms with Gasteiger partial charge in [-0.3, -0.25) is 14.5 Å². The van der Waals surface area contributed by atoms with Crippen LogP contribution in [0.5, 0.6) is 11.5 Å². The molecule has 184 valence electrons. The normalized spacial score (nSPS) is 14.8. The first kappa shape index (κ1) is 23.7. The molecule has 4 aromatic rings. The summed E-state index contributed by atoms with van der Waals surface area (Å²) in [5.41, 5.74) is 2.93. The molecule has 0 radical (unpaired) electrons. The fourth-order valence-electron chi connectivity index (χ4n) is 4.65. The highest BCUT2D eigenvalue weighted by molar-refractivity contribution is 6.10. The number of anilines is 1. The lowest BCUT2D eigenvalue weighted by atomic mass is 9.97. The molecule has 6 heteroatoms. The molecule has 1 amide bonds. The number of nitrogens with zero attached hydrogens (tertiary/aromatic N) is 1. The number of ether oxygens (including phenoxy) is 2. The van der Waals surface area contributed by atoms with E-state index < -0.39 is 6.04 Å². The molecule has 1 aliphatic rings. The molecule has 5 rings (SSSR count). The molecule has 1 aromatic heterocycles. The van der Waals surface area contributed by atoms with Gasteiger partial charge in [-0.05, 0) is 74.4 Å². The summed E-state index contributed by atoms with van der Waals surface area (Å²) < 4.78 is 17.6. The number of unbranched alkanes of at least 4 members (excludes halogenated alkanes) is 1. The van der Waals surface area contributed by atoms with Gasteiger partial charge in [0.05, 0.1) is 30.2 Å². The van der Waals surface area contributed by atoms with Crippen molar-refractivity contribution in [2.75, 3.05) is 18.1 Å². The van der Waals surface area contributed by atoms with Crippen molar-refractivity contribution in [3.63, 3.8) is 0 Å². The van der Waals surface area contributed by atoms with E-state index in [2.05, 4.69) is 6.92 Å². The van der Waals surface area contributed by atoms with Crippen molar-refractivity contribution in [2.24, 2.45) is 0 Å². The Morgan fingerprint density at radius 2 is 1.72 bits per heavy atom. The fraction of sp³-hybridized carbons (Fsp3) is 0.267. The Kier molecular flexibility index (Phi) is 6.51. The van der Waals surface area contributed by atoms with Crippen molar-refractivity contribution in [2.45, 2.75) is 39.7 Å². The first-order valence-electron chi connectivity index (χ1n) is 12.4. The van der Waals surface area contributed by atoms with E-state index in [4.69, 9.17) is 13.9 Å². The number of benzene rings is 3. The second kappa shape index (κ2) is 9.90. The van der Waals surface area contributed by atoms with E-state index in [0.29, 0.717) is 46.9 Å². The van der Waals surface area contributed by atoms with Crippen molar-refractivity contribution in [3.8, 4) is 11.5 Å². The zero-order valence-electron chi connectivity index (χ0n) is 20.7. The van der Waals surface area contributed by atoms with Crippen LogP contribution in [0.25, 0.3) is 11.0 Å². The smallest absolute Gasteiger partial charge is 0.295 e. The Hall–Kier alpha value is -4.06. The number of hydrogen-bond acceptors (Lipinski definition) is 5. The highest BCUT2D eigenvalue weighted by Crippen LogP contribution is 2.42. The number of hydrogen-bond donors (Lipinski definition) is 0. The summed E-state index contributed by atoms with van der Waals surface area (Å²) in [5.74, 6) is 1.14. The quantitative estimate of drug-likeness (QED) is 0.270. The summed E-state index contributed by atoms with van der Waals surface area (Å²) in [7, 11) is 0. The van der Waals surface area contributed by atoms with Crippen LogP contribution in [0.1, 0.15) is 60.0 Å². The van der Waals surface area contributed by atoms with Gasteiger partial charge < -0.3 is 13.9 Å². The summed E-state index contributed by atoms with van der Waals surface area (Å²) >= 11 is 0. The number of fused-ring (bicyclic) bond motifs is 2. The molecular formula is C30H29NO5. The molecule has 6 nitrogen and oxygen atoms in total. The van der Waals surface area contributed by atoms with Crippen LogP contribution >= 0.6 is 0 Å². The summed E-state index contributed by atoms with van der Waals surface area (Å²) in [5, 5.41) is 0.468. The van der Waals surface area contributed by atoms with Gasteiger partial charge in [0.15, 0.2) is 5.43 Å². The average Bonchev–Trinajstić information content (AvgIpc) is 3.18. The molecule has 1 atom stereocenters. The van der Waals surface area contributed by atoms with Gasteiger partial charge in [-0.15, -0.1) is 0 Å². The van der Waals surface area contributed by atoms with Gasteiger partial charge in [-0.1, -0.05) is 37.1 Å². The minimum Gasteiger partial charge on any atom is -0.494 e. The average molecular weight is 484 g/mol. The zero-order chi connectivity index (χ0) is 25.2. The Morgan fingerprint density at radius 3 is 2.47 bits per heavy atom. The third kappa shape index (κ3) is 4.24. The second-order valence-corrected chi connectivity index (χ2v) is 8.95. The Morgan fingerprint density at radius 1 is 0.917 bits per heavy atom. The maximum atomic E-state index is 13.8. The molecule has 36 heavy (non-hydrogen) atoms. The summed E-state index contributed by atoms with van der Waals surface area (Å²) in [6.07, 6.45) is 1.98. The predicted octanol–water partition coefficient (Wildman–Crippen LogP) is 6.43. The summed E-state index contributed by atoms with van der Waals surface area (Å²) in [6, 6.07) is 19.7. The molecule has 0 bridgehead atoms. The fourth-order valence-corrected chi connectivity index (χ4v) is 4.65. The maximum Gasteiger partial charge on any atom is 0.295 e. The van der Waals surface area contributed by atoms with E-state index in [1.807, 2.05) is 74.5 Å². The van der Waals surface area contributed by atoms with Gasteiger partial charge in [-0.25, -0.2) is 0 Å². The van der Waals surface area contributed by atoms with Gasteiger partial charge in [0.1, 0.15) is 17.1 Å². The number of carbonyl (C=O) groups excluding carboxylic acids is 1. The van der Waals surface area contributed by atoms with E-state index in [1.54, 1.807) is 11.0 Å². The van der Waals surface area contributed by atoms with E-state index in [0.717, 1.165) is 24.0 Å². The van der Waals surface area contributed by atoms with E-state index in [-0.39, 0.29) is 17.1 Å². The van der Waals surface area contributed by atoms with Crippen LogP contribution in [0.15, 0.2) is 75.9 Å². The number of aryl methyl sites for hydroxylation is 1. The number of amides is 1. The van der Waals surface area contributed by atoms with Gasteiger partial charge in [0.2, 0.25) is 5.76 Å². The molecule has 0 N–H and O–H groups in total. The Labute approximate surface area is 210 Å². The van der Waals surface area contributed by atoms with Crippen LogP contribution < -0.4 is 19.8 Å². The third-order valence-electron chi connectivity index (χ3n) is 6.39. The summed E-state index contributed by atoms with van der Waals surface area (Å²) in [6.45, 7) is 7.11. The molecule has 0 spiro atoms. The maximum absolute atomic E-state index is 13.8. The molecule has 1 aliphatic heterocycles. The minimum absolute atomic E-state index is 0.0764. The molecule has 3 aromatic carbocycles. The Bertz CT molecular complexity index is 1470. The molecule has 0 saturated heterocycles. The van der Waals surface area contributed by atoms with E-state index in [9.17, 15) is 9.59 Å². The largest absolute Gasteiger partial charge is 0.494 e. The standard InChI is InChI=1S/C30H29NO5/c1-4-6-16-35-23-9-7-8-20(18-23)27-26-28(32)24-17-19(3)10-15-25(24)36-29(26)30(33)31(27)21-11-13-22(14-12-21)34-5-2/h7-15,17-18,27H,4-6,16H2,1-3H3. The lowest BCUT2D eigenvalue weighted by Crippen LogP contribution is -2.29. The predicted molar refractivity (Wildman–Crippen MR) is 140 cm³/mol. The molecule has 0 aliphatic carbocycles. The van der Waals surface area contributed by atoms with Crippen molar-refractivity contribution >= 4 is 22.6 Å². The lowest BCUT2D eigenvalue weighted by molar-refractivity contribution is 0.0971. The van der Waals surface area contributed by atoms with E-state index >= 15 is 0 Å². The van der Waals surface area contributed by atoms with Crippen molar-refractivity contribution in [3.05, 3.63) is 99.4 Å². The number of carbonyl (C=O) groups is 1. The van der Waals surface area contributed by atoms with Crippen LogP contribution in [0.2, 0.25) is 0 Å². The zero-order valence-corrected chi connectivity index (χ0v) is 20.7. The first-order valence-corrected chi connectivity index (χ1v) is 12.4. The van der Waals surface area contributed by atoms with Crippen LogP contribution in [0.3, 0.4) is 0 Å². The van der Waals surface area contributed by atoms with Gasteiger partial charge in [0, 0.05) is 5.69 Å². The SMILES string of the molecule is CCCCOc1cccc(C2c3c(oc4ccc(C)cc4c3=O)C(=O)N2c2ccc(OCC)cc2)c1. The highest BCUT2D eigenvalue weighted by atomic mass is 16.5. The van der Waals surface area contributed by atoms with E-state index in [1.165, 1.54) is 0 Å². The van der Waals surface area contributed by atoms with Crippen molar-refractivity contribution in [1.82, 2.24) is 0 Å². The topological polar surface area (TPSA) is 69.0 Å². The molecule has 0 fully saturated rings. The highest BCUT2D eigenvalue weighted by Gasteiger charge is 2.43. The Balaban J connectivity index is 1.68. The lowest BCUT2D eigenvalue weighted by Gasteiger charge is -2.25. The van der Waals surface area contributed by atoms with Crippen molar-refractivity contribution < 1.29 is 18.7 Å². The molecule has 1 unspecified atom stereocenters. The minimum atomic E-state index is -0.652. The van der Waals surface area contributed by atoms with Crippen LogP contribution in [-0.4, -0.2) is 19.1 Å². The monoisotopic (exact) mass is 483 g/mol. The number of rotatable bonds is 8. The third-order valence-corrected chi connectivity index (χ3v) is 6.39. The molecular weight excluding hydrogens is 454 g/mol. The second-order valence-electron chi connectivity index (χ2n) is 8.95. The van der Waals surface area contributed by atoms with Gasteiger partial charge in [-0.2, -0.15) is 0 Å². The van der Waals surface area contributed by atoms with Crippen LogP contribution in [0.4, 0.5) is 5.69 Å². The van der Waals surface area contributed by atoms with Crippen LogP contribution in [0, 0.1) is 6.92 Å². The van der Waals surface area contributed by atoms with Crippen molar-refractivity contribution in [1.29, 1.82) is 0 Å². The molecule has 2 heterocycles. The summed E-state index contributed by atoms with van der Waals surface area (Å²) in [4.78, 5) is 29.2. The van der Waals surface area contributed by atoms with Gasteiger partial charge >= 0.3 is 0 Å². The molecule has 0 saturated carbocycles. The van der Waals surface area contributed by atoms with Crippen LogP contribution in [-0.2, 0) is 0 Å². The first-order chi connectivity index (χ1) is 17.5. The van der Waals surface area contributed by atoms with Gasteiger partial charge in [0.25, 0.3) is 5.91 Å².